The van der Waals surface area contributed by atoms with E-state index in [2.05, 4.69) is 26.2 Å². The standard InChI is InChI=1S/C19H19BrN4O3.C14H16N2O4/c20-14-6-9-17(21-10-14)22-18(25)16-8-7-15-11-23(16)19(26)24(15)27-12-13-4-2-1-3-5-13;17-13(18)12-7-6-11-8-15(12)14(19)16(11)20-9-10-4-2-1-3-5-10/h1-6,9-10,15-16H,7-8,11-12H2,(H,21,22,25);1-5,11-12H,6-9H2,(H,17,18)/t15-,16+;11-,12+/m11/s1. The van der Waals surface area contributed by atoms with Gasteiger partial charge in [-0.15, -0.1) is 0 Å². The summed E-state index contributed by atoms with van der Waals surface area (Å²) >= 11 is 3.31. The molecule has 4 atom stereocenters. The number of fused-ring (bicyclic) bond motifs is 4. The molecule has 5 heterocycles. The van der Waals surface area contributed by atoms with Crippen molar-refractivity contribution >= 4 is 45.7 Å². The molecule has 4 bridgehead atoms. The van der Waals surface area contributed by atoms with Crippen LogP contribution in [0.15, 0.2) is 83.5 Å². The van der Waals surface area contributed by atoms with Gasteiger partial charge in [0.1, 0.15) is 31.1 Å². The van der Waals surface area contributed by atoms with Gasteiger partial charge in [-0.1, -0.05) is 60.7 Å². The number of carbonyl (C=O) groups excluding carboxylic acids is 3. The lowest BCUT2D eigenvalue weighted by atomic mass is 10.0. The molecule has 0 saturated carbocycles. The van der Waals surface area contributed by atoms with Crippen molar-refractivity contribution < 1.29 is 34.0 Å². The van der Waals surface area contributed by atoms with Gasteiger partial charge in [-0.2, -0.15) is 10.1 Å². The highest BCUT2D eigenvalue weighted by Crippen LogP contribution is 2.32. The van der Waals surface area contributed by atoms with E-state index < -0.39 is 18.1 Å². The Bertz CT molecular complexity index is 1580. The molecule has 14 heteroatoms. The molecule has 2 N–H and O–H groups in total. The molecule has 3 aromatic rings. The lowest BCUT2D eigenvalue weighted by molar-refractivity contribution is -0.143. The number of carbonyl (C=O) groups is 4. The number of urea groups is 2. The number of pyridine rings is 1. The molecule has 0 radical (unpaired) electrons. The van der Waals surface area contributed by atoms with Crippen LogP contribution in [-0.2, 0) is 32.5 Å². The zero-order valence-corrected chi connectivity index (χ0v) is 27.1. The largest absolute Gasteiger partial charge is 0.480 e. The summed E-state index contributed by atoms with van der Waals surface area (Å²) in [6, 6.07) is 20.9. The molecule has 5 amide bonds. The van der Waals surface area contributed by atoms with Crippen molar-refractivity contribution in [3.8, 4) is 0 Å². The number of amides is 5. The van der Waals surface area contributed by atoms with E-state index in [9.17, 15) is 19.2 Å². The van der Waals surface area contributed by atoms with Gasteiger partial charge in [0.2, 0.25) is 5.91 Å². The highest BCUT2D eigenvalue weighted by Gasteiger charge is 2.49. The topological polar surface area (TPSA) is 145 Å². The first-order valence-electron chi connectivity index (χ1n) is 15.5. The van der Waals surface area contributed by atoms with E-state index in [0.29, 0.717) is 51.4 Å². The van der Waals surface area contributed by atoms with Crippen molar-refractivity contribution in [2.45, 2.75) is 63.1 Å². The Morgan fingerprint density at radius 3 is 1.77 bits per heavy atom. The van der Waals surface area contributed by atoms with Crippen LogP contribution in [-0.4, -0.2) is 91.2 Å². The molecular formula is C33H35BrN6O7. The summed E-state index contributed by atoms with van der Waals surface area (Å²) in [6.45, 7) is 1.58. The second-order valence-electron chi connectivity index (χ2n) is 11.7. The fraction of sp³-hybridized carbons (Fsp3) is 0.364. The minimum absolute atomic E-state index is 0.0175. The number of aromatic nitrogens is 1. The van der Waals surface area contributed by atoms with Gasteiger partial charge in [0.15, 0.2) is 0 Å². The minimum atomic E-state index is -0.943. The van der Waals surface area contributed by atoms with Crippen LogP contribution in [0.5, 0.6) is 0 Å². The van der Waals surface area contributed by atoms with Gasteiger partial charge >= 0.3 is 18.0 Å². The number of carboxylic acid groups (broad SMARTS) is 1. The average molecular weight is 708 g/mol. The first-order valence-corrected chi connectivity index (χ1v) is 16.3. The number of anilines is 1. The summed E-state index contributed by atoms with van der Waals surface area (Å²) in [5.74, 6) is -0.697. The second-order valence-corrected chi connectivity index (χ2v) is 12.6. The van der Waals surface area contributed by atoms with Crippen LogP contribution in [0.3, 0.4) is 0 Å². The van der Waals surface area contributed by atoms with Crippen LogP contribution in [0.4, 0.5) is 15.4 Å². The molecule has 0 spiro atoms. The molecule has 0 aliphatic carbocycles. The minimum Gasteiger partial charge on any atom is -0.480 e. The van der Waals surface area contributed by atoms with Gasteiger partial charge in [0, 0.05) is 23.8 Å². The zero-order chi connectivity index (χ0) is 32.9. The fourth-order valence-electron chi connectivity index (χ4n) is 6.22. The zero-order valence-electron chi connectivity index (χ0n) is 25.5. The Labute approximate surface area is 280 Å². The molecule has 4 aliphatic heterocycles. The number of hydrogen-bond donors (Lipinski definition) is 2. The average Bonchev–Trinajstić information content (AvgIpc) is 3.47. The van der Waals surface area contributed by atoms with E-state index in [4.69, 9.17) is 14.8 Å². The number of rotatable bonds is 9. The van der Waals surface area contributed by atoms with Crippen LogP contribution < -0.4 is 5.32 Å². The summed E-state index contributed by atoms with van der Waals surface area (Å²) < 4.78 is 0.835. The van der Waals surface area contributed by atoms with Gasteiger partial charge in [0.05, 0.1) is 12.1 Å². The van der Waals surface area contributed by atoms with E-state index in [-0.39, 0.29) is 30.1 Å². The Morgan fingerprint density at radius 2 is 1.28 bits per heavy atom. The molecule has 0 unspecified atom stereocenters. The summed E-state index contributed by atoms with van der Waals surface area (Å²) in [5.41, 5.74) is 1.98. The molecule has 7 rings (SSSR count). The Balaban J connectivity index is 0.000000172. The van der Waals surface area contributed by atoms with Crippen molar-refractivity contribution in [2.75, 3.05) is 18.4 Å². The molecule has 47 heavy (non-hydrogen) atoms. The number of hydrogen-bond acceptors (Lipinski definition) is 7. The molecule has 4 saturated heterocycles. The normalized spacial score (nSPS) is 23.0. The molecule has 13 nitrogen and oxygen atoms in total. The number of nitrogens with zero attached hydrogens (tertiary/aromatic N) is 5. The van der Waals surface area contributed by atoms with Crippen LogP contribution in [0.2, 0.25) is 0 Å². The third-order valence-corrected chi connectivity index (χ3v) is 9.11. The third kappa shape index (κ3) is 7.39. The molecule has 2 aromatic carbocycles. The Kier molecular flexibility index (Phi) is 9.99. The van der Waals surface area contributed by atoms with Crippen molar-refractivity contribution in [3.63, 3.8) is 0 Å². The second kappa shape index (κ2) is 14.5. The maximum absolute atomic E-state index is 12.7. The first kappa shape index (κ1) is 32.4. The van der Waals surface area contributed by atoms with Crippen LogP contribution in [0.1, 0.15) is 36.8 Å². The van der Waals surface area contributed by atoms with E-state index in [0.717, 1.165) is 22.0 Å². The number of piperidine rings is 2. The summed E-state index contributed by atoms with van der Waals surface area (Å²) in [5, 5.41) is 14.7. The molecule has 246 valence electrons. The number of carboxylic acids is 1. The lowest BCUT2D eigenvalue weighted by Crippen LogP contribution is -2.47. The Morgan fingerprint density at radius 1 is 0.766 bits per heavy atom. The molecular weight excluding hydrogens is 672 g/mol. The third-order valence-electron chi connectivity index (χ3n) is 8.64. The van der Waals surface area contributed by atoms with Crippen LogP contribution in [0, 0.1) is 0 Å². The van der Waals surface area contributed by atoms with Crippen molar-refractivity contribution in [3.05, 3.63) is 94.6 Å². The van der Waals surface area contributed by atoms with E-state index in [1.807, 2.05) is 60.7 Å². The number of aliphatic carboxylic acids is 1. The summed E-state index contributed by atoms with van der Waals surface area (Å²) in [6.07, 6.45) is 4.09. The molecule has 4 fully saturated rings. The van der Waals surface area contributed by atoms with Gasteiger partial charge in [-0.3, -0.25) is 14.5 Å². The Hall–Kier alpha value is -4.53. The highest BCUT2D eigenvalue weighted by atomic mass is 79.9. The van der Waals surface area contributed by atoms with E-state index in [1.165, 1.54) is 15.0 Å². The van der Waals surface area contributed by atoms with E-state index in [1.54, 1.807) is 23.2 Å². The highest BCUT2D eigenvalue weighted by molar-refractivity contribution is 9.10. The lowest BCUT2D eigenvalue weighted by Gasteiger charge is -2.29. The molecule has 1 aromatic heterocycles. The number of benzene rings is 2. The number of hydroxylamine groups is 4. The van der Waals surface area contributed by atoms with E-state index >= 15 is 0 Å². The van der Waals surface area contributed by atoms with Crippen LogP contribution in [0.25, 0.3) is 0 Å². The van der Waals surface area contributed by atoms with Crippen molar-refractivity contribution in [1.29, 1.82) is 0 Å². The van der Waals surface area contributed by atoms with Gasteiger partial charge in [-0.05, 0) is 64.9 Å². The number of nitrogens with one attached hydrogen (secondary N) is 1. The van der Waals surface area contributed by atoms with Crippen molar-refractivity contribution in [2.24, 2.45) is 0 Å². The van der Waals surface area contributed by atoms with Gasteiger partial charge in [-0.25, -0.2) is 19.4 Å². The number of halogens is 1. The van der Waals surface area contributed by atoms with Gasteiger partial charge < -0.3 is 20.2 Å². The quantitative estimate of drug-likeness (QED) is 0.327. The molecule has 4 aliphatic rings. The maximum atomic E-state index is 12.7. The fourth-order valence-corrected chi connectivity index (χ4v) is 6.46. The van der Waals surface area contributed by atoms with Crippen molar-refractivity contribution in [1.82, 2.24) is 24.9 Å². The predicted octanol–water partition coefficient (Wildman–Crippen LogP) is 4.65. The summed E-state index contributed by atoms with van der Waals surface area (Å²) in [7, 11) is 0. The van der Waals surface area contributed by atoms with Crippen LogP contribution >= 0.6 is 15.9 Å². The SMILES string of the molecule is O=C(Nc1ccc(Br)cn1)[C@@H]1CC[C@@H]2CN1C(=O)N2OCc1ccccc1.O=C(O)[C@@H]1CC[C@@H]2CN1C(=O)N2OCc1ccccc1. The first-order chi connectivity index (χ1) is 22.8. The maximum Gasteiger partial charge on any atom is 0.345 e. The smallest absolute Gasteiger partial charge is 0.345 e. The predicted molar refractivity (Wildman–Crippen MR) is 172 cm³/mol. The summed E-state index contributed by atoms with van der Waals surface area (Å²) in [4.78, 5) is 67.2. The monoisotopic (exact) mass is 706 g/mol. The van der Waals surface area contributed by atoms with Gasteiger partial charge in [0.25, 0.3) is 0 Å².